The molecule has 1 N–H and O–H groups in total. The highest BCUT2D eigenvalue weighted by atomic mass is 79.9. The zero-order valence-corrected chi connectivity index (χ0v) is 10.8. The lowest BCUT2D eigenvalue weighted by atomic mass is 10.2. The van der Waals surface area contributed by atoms with E-state index in [0.717, 1.165) is 25.4 Å². The molecule has 0 atom stereocenters. The summed E-state index contributed by atoms with van der Waals surface area (Å²) in [4.78, 5) is 0. The lowest BCUT2D eigenvalue weighted by molar-refractivity contribution is 1.07. The monoisotopic (exact) mass is 334 g/mol. The van der Waals surface area contributed by atoms with Crippen LogP contribution >= 0.6 is 43.5 Å². The number of rotatable bonds is 1. The normalized spacial score (nSPS) is 10.5. The Labute approximate surface area is 103 Å². The Morgan fingerprint density at radius 3 is 2.29 bits per heavy atom. The van der Waals surface area contributed by atoms with E-state index in [-0.39, 0.29) is 0 Å². The molecule has 0 saturated heterocycles. The predicted molar refractivity (Wildman–Crippen MR) is 64.4 cm³/mol. The molecule has 0 aliphatic carbocycles. The minimum Gasteiger partial charge on any atom is -0.270 e. The molecule has 0 aliphatic heterocycles. The van der Waals surface area contributed by atoms with Crippen LogP contribution in [0.25, 0.3) is 11.3 Å². The van der Waals surface area contributed by atoms with Crippen molar-refractivity contribution < 1.29 is 0 Å². The van der Waals surface area contributed by atoms with Crippen LogP contribution in [-0.2, 0) is 0 Å². The summed E-state index contributed by atoms with van der Waals surface area (Å²) in [5.74, 6) is 0. The number of H-pyrrole nitrogens is 1. The lowest BCUT2D eigenvalue weighted by Crippen LogP contribution is -1.78. The Bertz CT molecular complexity index is 450. The molecule has 0 radical (unpaired) electrons. The van der Waals surface area contributed by atoms with Gasteiger partial charge in [0, 0.05) is 10.6 Å². The first-order valence-electron chi connectivity index (χ1n) is 3.84. The van der Waals surface area contributed by atoms with E-state index in [1.54, 1.807) is 0 Å². The molecule has 2 nitrogen and oxygen atoms in total. The average Bonchev–Trinajstić information content (AvgIpc) is 2.50. The van der Waals surface area contributed by atoms with E-state index in [2.05, 4.69) is 42.1 Å². The number of hydrogen-bond donors (Lipinski definition) is 1. The first kappa shape index (κ1) is 10.2. The fourth-order valence-corrected chi connectivity index (χ4v) is 1.91. The molecule has 1 heterocycles. The van der Waals surface area contributed by atoms with Gasteiger partial charge in [0.15, 0.2) is 0 Å². The van der Waals surface area contributed by atoms with E-state index in [1.807, 2.05) is 24.3 Å². The molecule has 1 aromatic carbocycles. The Morgan fingerprint density at radius 2 is 1.79 bits per heavy atom. The van der Waals surface area contributed by atoms with Crippen molar-refractivity contribution in [3.8, 4) is 11.3 Å². The van der Waals surface area contributed by atoms with Crippen LogP contribution in [0.3, 0.4) is 0 Å². The number of aromatic nitrogens is 2. The van der Waals surface area contributed by atoms with Gasteiger partial charge in [-0.25, -0.2) is 0 Å². The third-order valence-corrected chi connectivity index (χ3v) is 3.91. The molecule has 0 aliphatic rings. The summed E-state index contributed by atoms with van der Waals surface area (Å²) >= 11 is 12.6. The zero-order chi connectivity index (χ0) is 10.1. The van der Waals surface area contributed by atoms with Gasteiger partial charge in [0.25, 0.3) is 0 Å². The summed E-state index contributed by atoms with van der Waals surface area (Å²) in [6.45, 7) is 0. The van der Waals surface area contributed by atoms with Crippen LogP contribution in [0.15, 0.2) is 33.3 Å². The van der Waals surface area contributed by atoms with Crippen molar-refractivity contribution in [2.45, 2.75) is 0 Å². The highest BCUT2D eigenvalue weighted by molar-refractivity contribution is 9.13. The van der Waals surface area contributed by atoms with Gasteiger partial charge in [-0.05, 0) is 44.0 Å². The summed E-state index contributed by atoms with van der Waals surface area (Å²) in [7, 11) is 0. The van der Waals surface area contributed by atoms with E-state index in [9.17, 15) is 0 Å². The second-order valence-electron chi connectivity index (χ2n) is 2.71. The highest BCUT2D eigenvalue weighted by Gasteiger charge is 2.09. The van der Waals surface area contributed by atoms with Gasteiger partial charge in [0.05, 0.1) is 4.47 Å². The Hall–Kier alpha value is -0.320. The van der Waals surface area contributed by atoms with Crippen molar-refractivity contribution >= 4 is 43.5 Å². The fraction of sp³-hybridized carbons (Fsp3) is 0. The van der Waals surface area contributed by atoms with Crippen LogP contribution in [0.2, 0.25) is 5.02 Å². The van der Waals surface area contributed by atoms with Gasteiger partial charge in [-0.1, -0.05) is 23.7 Å². The van der Waals surface area contributed by atoms with Gasteiger partial charge < -0.3 is 0 Å². The SMILES string of the molecule is Clc1ccc(-c2n[nH]c(Br)c2Br)cc1. The highest BCUT2D eigenvalue weighted by Crippen LogP contribution is 2.31. The van der Waals surface area contributed by atoms with Gasteiger partial charge in [-0.2, -0.15) is 5.10 Å². The van der Waals surface area contributed by atoms with E-state index >= 15 is 0 Å². The summed E-state index contributed by atoms with van der Waals surface area (Å²) in [6, 6.07) is 7.53. The van der Waals surface area contributed by atoms with Crippen LogP contribution in [-0.4, -0.2) is 10.2 Å². The van der Waals surface area contributed by atoms with Crippen LogP contribution < -0.4 is 0 Å². The molecule has 0 fully saturated rings. The van der Waals surface area contributed by atoms with E-state index in [4.69, 9.17) is 11.6 Å². The van der Waals surface area contributed by atoms with E-state index in [0.29, 0.717) is 0 Å². The predicted octanol–water partition coefficient (Wildman–Crippen LogP) is 4.26. The van der Waals surface area contributed by atoms with E-state index in [1.165, 1.54) is 0 Å². The molecule has 2 aromatic rings. The van der Waals surface area contributed by atoms with Gasteiger partial charge >= 0.3 is 0 Å². The van der Waals surface area contributed by atoms with Crippen LogP contribution in [0.4, 0.5) is 0 Å². The Balaban J connectivity index is 2.49. The smallest absolute Gasteiger partial charge is 0.115 e. The molecule has 0 spiro atoms. The van der Waals surface area contributed by atoms with E-state index < -0.39 is 0 Å². The lowest BCUT2D eigenvalue weighted by Gasteiger charge is -1.97. The zero-order valence-electron chi connectivity index (χ0n) is 6.89. The topological polar surface area (TPSA) is 28.7 Å². The summed E-state index contributed by atoms with van der Waals surface area (Å²) in [5.41, 5.74) is 1.89. The van der Waals surface area contributed by atoms with Crippen molar-refractivity contribution in [1.29, 1.82) is 0 Å². The molecular weight excluding hydrogens is 331 g/mol. The maximum absolute atomic E-state index is 5.79. The molecular formula is C9H5Br2ClN2. The largest absolute Gasteiger partial charge is 0.270 e. The minimum atomic E-state index is 0.722. The average molecular weight is 336 g/mol. The van der Waals surface area contributed by atoms with Crippen molar-refractivity contribution in [3.05, 3.63) is 38.4 Å². The maximum atomic E-state index is 5.79. The number of nitrogens with zero attached hydrogens (tertiary/aromatic N) is 1. The van der Waals surface area contributed by atoms with Crippen molar-refractivity contribution in [2.75, 3.05) is 0 Å². The second-order valence-corrected chi connectivity index (χ2v) is 4.73. The number of hydrogen-bond acceptors (Lipinski definition) is 1. The van der Waals surface area contributed by atoms with Crippen molar-refractivity contribution in [1.82, 2.24) is 10.2 Å². The van der Waals surface area contributed by atoms with Gasteiger partial charge in [-0.15, -0.1) is 0 Å². The molecule has 14 heavy (non-hydrogen) atoms. The third kappa shape index (κ3) is 1.87. The molecule has 2 rings (SSSR count). The number of aromatic amines is 1. The minimum absolute atomic E-state index is 0.722. The standard InChI is InChI=1S/C9H5Br2ClN2/c10-7-8(13-14-9(7)11)5-1-3-6(12)4-2-5/h1-4H,(H,13,14). The third-order valence-electron chi connectivity index (χ3n) is 1.78. The van der Waals surface area contributed by atoms with Crippen molar-refractivity contribution in [3.63, 3.8) is 0 Å². The Kier molecular flexibility index (Phi) is 2.95. The molecule has 0 amide bonds. The molecule has 72 valence electrons. The summed E-state index contributed by atoms with van der Waals surface area (Å²) < 4.78 is 1.75. The van der Waals surface area contributed by atoms with Crippen LogP contribution in [0, 0.1) is 0 Å². The summed E-state index contributed by atoms with van der Waals surface area (Å²) in [6.07, 6.45) is 0. The number of benzene rings is 1. The molecule has 0 unspecified atom stereocenters. The molecule has 1 aromatic heterocycles. The molecule has 5 heteroatoms. The number of halogens is 3. The fourth-order valence-electron chi connectivity index (χ4n) is 1.11. The van der Waals surface area contributed by atoms with Gasteiger partial charge in [0.1, 0.15) is 10.3 Å². The number of nitrogens with one attached hydrogen (secondary N) is 1. The van der Waals surface area contributed by atoms with Crippen LogP contribution in [0.5, 0.6) is 0 Å². The second kappa shape index (κ2) is 4.04. The summed E-state index contributed by atoms with van der Waals surface area (Å²) in [5, 5.41) is 7.71. The maximum Gasteiger partial charge on any atom is 0.115 e. The van der Waals surface area contributed by atoms with Crippen molar-refractivity contribution in [2.24, 2.45) is 0 Å². The van der Waals surface area contributed by atoms with Crippen LogP contribution in [0.1, 0.15) is 0 Å². The molecule has 0 bridgehead atoms. The first-order chi connectivity index (χ1) is 6.68. The van der Waals surface area contributed by atoms with Gasteiger partial charge in [-0.3, -0.25) is 5.10 Å². The first-order valence-corrected chi connectivity index (χ1v) is 5.80. The molecule has 0 saturated carbocycles. The quantitative estimate of drug-likeness (QED) is 0.828. The van der Waals surface area contributed by atoms with Gasteiger partial charge in [0.2, 0.25) is 0 Å². The Morgan fingerprint density at radius 1 is 1.14 bits per heavy atom.